The van der Waals surface area contributed by atoms with Crippen molar-refractivity contribution in [1.82, 2.24) is 5.32 Å². The topological polar surface area (TPSA) is 102 Å². The van der Waals surface area contributed by atoms with Crippen LogP contribution in [0.15, 0.2) is 18.2 Å². The molecule has 0 radical (unpaired) electrons. The molecule has 1 amide bonds. The molecule has 2 atom stereocenters. The van der Waals surface area contributed by atoms with Crippen LogP contribution < -0.4 is 10.2 Å². The highest BCUT2D eigenvalue weighted by Gasteiger charge is 2.25. The number of nitrogens with one attached hydrogen (secondary N) is 1. The van der Waals surface area contributed by atoms with Crippen LogP contribution in [0, 0.1) is 22.0 Å². The monoisotopic (exact) mass is 391 g/mol. The van der Waals surface area contributed by atoms with E-state index in [0.29, 0.717) is 11.6 Å². The fraction of sp³-hybridized carbons (Fsp3) is 0.600. The number of piperidine rings is 1. The summed E-state index contributed by atoms with van der Waals surface area (Å²) in [6.07, 6.45) is 2.08. The highest BCUT2D eigenvalue weighted by molar-refractivity contribution is 5.93. The molecule has 1 aliphatic rings. The second-order valence-corrected chi connectivity index (χ2v) is 7.83. The summed E-state index contributed by atoms with van der Waals surface area (Å²) in [6.45, 7) is 9.02. The van der Waals surface area contributed by atoms with E-state index in [1.54, 1.807) is 6.07 Å². The molecule has 2 rings (SSSR count). The van der Waals surface area contributed by atoms with Gasteiger partial charge >= 0.3 is 5.97 Å². The lowest BCUT2D eigenvalue weighted by atomic mass is 9.99. The SMILES string of the molecule is CC(C)[C@H](C)NC(=O)COC(=O)c1ccc(N2CCC[C@H](C)C2)c([N+](=O)[O-])c1. The summed E-state index contributed by atoms with van der Waals surface area (Å²) in [4.78, 5) is 37.1. The highest BCUT2D eigenvalue weighted by atomic mass is 16.6. The van der Waals surface area contributed by atoms with Crippen LogP contribution in [0.1, 0.15) is 50.9 Å². The summed E-state index contributed by atoms with van der Waals surface area (Å²) in [5, 5.41) is 14.3. The van der Waals surface area contributed by atoms with Crippen LogP contribution in [-0.2, 0) is 9.53 Å². The molecule has 28 heavy (non-hydrogen) atoms. The van der Waals surface area contributed by atoms with Crippen LogP contribution in [0.5, 0.6) is 0 Å². The lowest BCUT2D eigenvalue weighted by molar-refractivity contribution is -0.384. The quantitative estimate of drug-likeness (QED) is 0.435. The fourth-order valence-corrected chi connectivity index (χ4v) is 3.15. The van der Waals surface area contributed by atoms with Gasteiger partial charge in [0.15, 0.2) is 6.61 Å². The van der Waals surface area contributed by atoms with E-state index in [0.717, 1.165) is 25.9 Å². The average molecular weight is 391 g/mol. The van der Waals surface area contributed by atoms with Gasteiger partial charge in [0.05, 0.1) is 10.5 Å². The van der Waals surface area contributed by atoms with Crippen molar-refractivity contribution in [3.8, 4) is 0 Å². The number of rotatable bonds is 7. The zero-order valence-electron chi connectivity index (χ0n) is 16.9. The fourth-order valence-electron chi connectivity index (χ4n) is 3.15. The zero-order chi connectivity index (χ0) is 20.8. The Bertz CT molecular complexity index is 735. The van der Waals surface area contributed by atoms with Gasteiger partial charge in [-0.15, -0.1) is 0 Å². The maximum absolute atomic E-state index is 12.2. The number of hydrogen-bond donors (Lipinski definition) is 1. The van der Waals surface area contributed by atoms with Crippen LogP contribution in [0.2, 0.25) is 0 Å². The van der Waals surface area contributed by atoms with Crippen LogP contribution in [-0.4, -0.2) is 42.5 Å². The minimum absolute atomic E-state index is 0.0430. The largest absolute Gasteiger partial charge is 0.452 e. The van der Waals surface area contributed by atoms with Gasteiger partial charge in [0.25, 0.3) is 11.6 Å². The first-order valence-corrected chi connectivity index (χ1v) is 9.69. The summed E-state index contributed by atoms with van der Waals surface area (Å²) < 4.78 is 5.02. The number of ether oxygens (including phenoxy) is 1. The third-order valence-electron chi connectivity index (χ3n) is 5.13. The second-order valence-electron chi connectivity index (χ2n) is 7.83. The Kier molecular flexibility index (Phi) is 7.37. The first-order valence-electron chi connectivity index (χ1n) is 9.69. The number of anilines is 1. The van der Waals surface area contributed by atoms with Crippen molar-refractivity contribution in [3.63, 3.8) is 0 Å². The van der Waals surface area contributed by atoms with E-state index < -0.39 is 23.4 Å². The Morgan fingerprint density at radius 1 is 1.36 bits per heavy atom. The first-order chi connectivity index (χ1) is 13.2. The summed E-state index contributed by atoms with van der Waals surface area (Å²) in [6, 6.07) is 4.29. The average Bonchev–Trinajstić information content (AvgIpc) is 2.65. The molecule has 0 saturated carbocycles. The van der Waals surface area contributed by atoms with Crippen molar-refractivity contribution in [2.45, 2.75) is 46.6 Å². The van der Waals surface area contributed by atoms with Crippen molar-refractivity contribution in [2.24, 2.45) is 11.8 Å². The van der Waals surface area contributed by atoms with Crippen molar-refractivity contribution >= 4 is 23.3 Å². The van der Waals surface area contributed by atoms with E-state index in [2.05, 4.69) is 12.2 Å². The van der Waals surface area contributed by atoms with E-state index in [4.69, 9.17) is 4.74 Å². The van der Waals surface area contributed by atoms with Crippen molar-refractivity contribution in [2.75, 3.05) is 24.6 Å². The Morgan fingerprint density at radius 3 is 2.68 bits per heavy atom. The minimum Gasteiger partial charge on any atom is -0.452 e. The Labute approximate surface area is 165 Å². The van der Waals surface area contributed by atoms with Gasteiger partial charge in [-0.05, 0) is 43.7 Å². The van der Waals surface area contributed by atoms with E-state index in [9.17, 15) is 19.7 Å². The zero-order valence-corrected chi connectivity index (χ0v) is 16.9. The van der Waals surface area contributed by atoms with Crippen molar-refractivity contribution in [1.29, 1.82) is 0 Å². The van der Waals surface area contributed by atoms with Crippen molar-refractivity contribution < 1.29 is 19.2 Å². The van der Waals surface area contributed by atoms with Crippen LogP contribution >= 0.6 is 0 Å². The van der Waals surface area contributed by atoms with Gasteiger partial charge in [0.1, 0.15) is 5.69 Å². The molecule has 0 aliphatic carbocycles. The standard InChI is InChI=1S/C20H29N3O5/c1-13(2)15(4)21-19(24)12-28-20(25)16-7-8-17(18(10-16)23(26)27)22-9-5-6-14(3)11-22/h7-8,10,13-15H,5-6,9,11-12H2,1-4H3,(H,21,24)/t14-,15-/m0/s1. The van der Waals surface area contributed by atoms with Crippen LogP contribution in [0.3, 0.4) is 0 Å². The molecule has 1 aliphatic heterocycles. The molecule has 0 spiro atoms. The normalized spacial score (nSPS) is 17.9. The number of nitro groups is 1. The van der Waals surface area contributed by atoms with Gasteiger partial charge in [0, 0.05) is 25.2 Å². The van der Waals surface area contributed by atoms with Gasteiger partial charge in [0.2, 0.25) is 0 Å². The predicted molar refractivity (Wildman–Crippen MR) is 106 cm³/mol. The molecule has 0 unspecified atom stereocenters. The van der Waals surface area contributed by atoms with E-state index in [-0.39, 0.29) is 23.2 Å². The number of amides is 1. The number of nitro benzene ring substituents is 1. The Morgan fingerprint density at radius 2 is 2.07 bits per heavy atom. The Hall–Kier alpha value is -2.64. The number of carbonyl (C=O) groups is 2. The second kappa shape index (κ2) is 9.52. The number of esters is 1. The summed E-state index contributed by atoms with van der Waals surface area (Å²) >= 11 is 0. The molecular formula is C20H29N3O5. The molecule has 1 aromatic rings. The molecule has 154 valence electrons. The number of benzene rings is 1. The third-order valence-corrected chi connectivity index (χ3v) is 5.13. The molecule has 8 nitrogen and oxygen atoms in total. The third kappa shape index (κ3) is 5.68. The molecule has 1 aromatic carbocycles. The van der Waals surface area contributed by atoms with Crippen LogP contribution in [0.4, 0.5) is 11.4 Å². The number of carbonyl (C=O) groups excluding carboxylic acids is 2. The molecule has 0 bridgehead atoms. The predicted octanol–water partition coefficient (Wildman–Crippen LogP) is 3.15. The van der Waals surface area contributed by atoms with Gasteiger partial charge in [-0.25, -0.2) is 4.79 Å². The molecule has 1 N–H and O–H groups in total. The van der Waals surface area contributed by atoms with Gasteiger partial charge in [-0.3, -0.25) is 14.9 Å². The molecular weight excluding hydrogens is 362 g/mol. The maximum Gasteiger partial charge on any atom is 0.338 e. The number of nitrogens with zero attached hydrogens (tertiary/aromatic N) is 2. The molecule has 8 heteroatoms. The highest BCUT2D eigenvalue weighted by Crippen LogP contribution is 2.32. The lowest BCUT2D eigenvalue weighted by Gasteiger charge is -2.32. The summed E-state index contributed by atoms with van der Waals surface area (Å²) in [5.41, 5.74) is 0.447. The first kappa shape index (κ1) is 21.7. The smallest absolute Gasteiger partial charge is 0.338 e. The molecule has 0 aromatic heterocycles. The molecule has 1 saturated heterocycles. The molecule has 1 heterocycles. The molecule has 1 fully saturated rings. The summed E-state index contributed by atoms with van der Waals surface area (Å²) in [5.74, 6) is -0.436. The summed E-state index contributed by atoms with van der Waals surface area (Å²) in [7, 11) is 0. The van der Waals surface area contributed by atoms with E-state index >= 15 is 0 Å². The van der Waals surface area contributed by atoms with Crippen molar-refractivity contribution in [3.05, 3.63) is 33.9 Å². The number of hydrogen-bond acceptors (Lipinski definition) is 6. The minimum atomic E-state index is -0.756. The maximum atomic E-state index is 12.2. The van der Waals surface area contributed by atoms with Crippen LogP contribution in [0.25, 0.3) is 0 Å². The van der Waals surface area contributed by atoms with E-state index in [1.807, 2.05) is 25.7 Å². The lowest BCUT2D eigenvalue weighted by Crippen LogP contribution is -2.38. The van der Waals surface area contributed by atoms with Gasteiger partial charge in [-0.2, -0.15) is 0 Å². The van der Waals surface area contributed by atoms with Gasteiger partial charge in [-0.1, -0.05) is 20.8 Å². The Balaban J connectivity index is 2.07. The van der Waals surface area contributed by atoms with E-state index in [1.165, 1.54) is 12.1 Å². The van der Waals surface area contributed by atoms with Gasteiger partial charge < -0.3 is 15.0 Å².